The summed E-state index contributed by atoms with van der Waals surface area (Å²) in [6, 6.07) is 17.7. The van der Waals surface area contributed by atoms with Gasteiger partial charge in [-0.1, -0.05) is 76.6 Å². The molecule has 0 spiro atoms. The van der Waals surface area contributed by atoms with E-state index in [2.05, 4.69) is 21.2 Å². The minimum absolute atomic E-state index is 0.0398. The van der Waals surface area contributed by atoms with Gasteiger partial charge < -0.3 is 15.2 Å². The lowest BCUT2D eigenvalue weighted by Crippen LogP contribution is -2.50. The number of carboxylic acid groups (broad SMARTS) is 1. The van der Waals surface area contributed by atoms with Crippen molar-refractivity contribution < 1.29 is 33.8 Å². The molecule has 5 rings (SSSR count). The summed E-state index contributed by atoms with van der Waals surface area (Å²) in [6.45, 7) is 8.45. The standard InChI is InChI=1S/C33H35BrN2O7/c1-30(2,3)43-29(42)35-21(26(38)39)17-12-18-36-25(37)24-31(4)22(19-13-8-6-9-14-19)23(20-15-10-7-11-16-20)32(5,27(31)40)33(24,34)28(36)41/h6-11,13-16,21,24H,12,17-18H2,1-5H3,(H,35,42)(H,38,39)/t21-,24?,31?,32?,33?/m0/s1. The molecule has 2 aliphatic carbocycles. The summed E-state index contributed by atoms with van der Waals surface area (Å²) in [5.74, 6) is -3.44. The van der Waals surface area contributed by atoms with E-state index < -0.39 is 56.6 Å². The molecule has 1 heterocycles. The molecule has 2 N–H and O–H groups in total. The Balaban J connectivity index is 1.48. The Hall–Kier alpha value is -3.79. The average Bonchev–Trinajstić information content (AvgIpc) is 3.32. The van der Waals surface area contributed by atoms with Crippen LogP contribution in [0.3, 0.4) is 0 Å². The SMILES string of the molecule is CC(C)(C)OC(=O)N[C@@H](CCCN1C(=O)C2C3(C)C(=O)C(C)(C(c4ccccc4)=C3c3ccccc3)C2(Br)C1=O)C(=O)O. The Kier molecular flexibility index (Phi) is 7.44. The van der Waals surface area contributed by atoms with Crippen molar-refractivity contribution >= 4 is 56.7 Å². The molecule has 2 aromatic rings. The van der Waals surface area contributed by atoms with Gasteiger partial charge >= 0.3 is 12.1 Å². The van der Waals surface area contributed by atoms with Crippen molar-refractivity contribution in [1.29, 1.82) is 0 Å². The summed E-state index contributed by atoms with van der Waals surface area (Å²) in [6.07, 6.45) is -0.792. The third-order valence-corrected chi connectivity index (χ3v) is 10.5. The smallest absolute Gasteiger partial charge is 0.408 e. The first-order valence-corrected chi connectivity index (χ1v) is 15.1. The molecule has 0 radical (unpaired) electrons. The monoisotopic (exact) mass is 650 g/mol. The number of hydrogen-bond donors (Lipinski definition) is 2. The number of ether oxygens (including phenoxy) is 1. The Morgan fingerprint density at radius 1 is 0.977 bits per heavy atom. The number of amides is 3. The second-order valence-corrected chi connectivity index (χ2v) is 14.0. The van der Waals surface area contributed by atoms with Crippen LogP contribution in [-0.2, 0) is 23.9 Å². The molecule has 1 saturated carbocycles. The summed E-state index contributed by atoms with van der Waals surface area (Å²) in [7, 11) is 0. The second kappa shape index (κ2) is 10.4. The Morgan fingerprint density at radius 3 is 2.02 bits per heavy atom. The van der Waals surface area contributed by atoms with E-state index in [-0.39, 0.29) is 25.2 Å². The third-order valence-electron chi connectivity index (χ3n) is 8.96. The van der Waals surface area contributed by atoms with Gasteiger partial charge in [-0.3, -0.25) is 19.3 Å². The fourth-order valence-electron chi connectivity index (χ4n) is 7.23. The topological polar surface area (TPSA) is 130 Å². The van der Waals surface area contributed by atoms with Crippen LogP contribution in [-0.4, -0.2) is 62.2 Å². The van der Waals surface area contributed by atoms with Gasteiger partial charge in [-0.2, -0.15) is 0 Å². The zero-order valence-corrected chi connectivity index (χ0v) is 26.4. The summed E-state index contributed by atoms with van der Waals surface area (Å²) in [5.41, 5.74) is -0.396. The van der Waals surface area contributed by atoms with Crippen molar-refractivity contribution in [3.63, 3.8) is 0 Å². The van der Waals surface area contributed by atoms with E-state index in [1.54, 1.807) is 34.6 Å². The van der Waals surface area contributed by atoms with Gasteiger partial charge in [0.1, 0.15) is 16.0 Å². The van der Waals surface area contributed by atoms with E-state index in [9.17, 15) is 29.1 Å². The number of halogens is 1. The van der Waals surface area contributed by atoms with Crippen LogP contribution in [0, 0.1) is 16.7 Å². The normalized spacial score (nSPS) is 28.7. The van der Waals surface area contributed by atoms with Gasteiger partial charge in [0.05, 0.1) is 16.7 Å². The van der Waals surface area contributed by atoms with Crippen LogP contribution >= 0.6 is 15.9 Å². The van der Waals surface area contributed by atoms with Gasteiger partial charge in [0.25, 0.3) is 0 Å². The van der Waals surface area contributed by atoms with E-state index in [4.69, 9.17) is 4.74 Å². The van der Waals surface area contributed by atoms with Gasteiger partial charge in [-0.15, -0.1) is 0 Å². The summed E-state index contributed by atoms with van der Waals surface area (Å²) in [5, 5.41) is 12.0. The molecule has 4 unspecified atom stereocenters. The fourth-order valence-corrected chi connectivity index (χ4v) is 8.48. The molecular weight excluding hydrogens is 616 g/mol. The van der Waals surface area contributed by atoms with E-state index in [1.165, 1.54) is 0 Å². The first-order valence-electron chi connectivity index (χ1n) is 14.3. The number of hydrogen-bond acceptors (Lipinski definition) is 6. The maximum absolute atomic E-state index is 14.5. The maximum Gasteiger partial charge on any atom is 0.408 e. The summed E-state index contributed by atoms with van der Waals surface area (Å²) in [4.78, 5) is 68.0. The van der Waals surface area contributed by atoms with E-state index >= 15 is 0 Å². The first kappa shape index (κ1) is 30.7. The molecule has 2 bridgehead atoms. The van der Waals surface area contributed by atoms with E-state index in [0.717, 1.165) is 27.2 Å². The van der Waals surface area contributed by atoms with Gasteiger partial charge in [-0.05, 0) is 69.7 Å². The number of Topliss-reactive ketones (excluding diaryl/α,β-unsaturated/α-hetero) is 1. The van der Waals surface area contributed by atoms with Crippen molar-refractivity contribution in [2.45, 2.75) is 63.4 Å². The Bertz CT molecular complexity index is 1550. The van der Waals surface area contributed by atoms with Gasteiger partial charge in [0.2, 0.25) is 11.8 Å². The number of carbonyl (C=O) groups is 5. The minimum Gasteiger partial charge on any atom is -0.480 e. The molecule has 10 heteroatoms. The minimum atomic E-state index is -1.52. The van der Waals surface area contributed by atoms with Crippen LogP contribution in [0.25, 0.3) is 11.1 Å². The molecule has 5 atom stereocenters. The van der Waals surface area contributed by atoms with E-state index in [1.807, 2.05) is 60.7 Å². The van der Waals surface area contributed by atoms with Crippen molar-refractivity contribution in [2.24, 2.45) is 16.7 Å². The molecule has 2 aromatic carbocycles. The highest BCUT2D eigenvalue weighted by Gasteiger charge is 2.85. The number of alkyl carbamates (subject to hydrolysis) is 1. The van der Waals surface area contributed by atoms with Crippen molar-refractivity contribution in [1.82, 2.24) is 10.2 Å². The predicted molar refractivity (Wildman–Crippen MR) is 163 cm³/mol. The van der Waals surface area contributed by atoms with Gasteiger partial charge in [-0.25, -0.2) is 9.59 Å². The summed E-state index contributed by atoms with van der Waals surface area (Å²) < 4.78 is 3.66. The number of aliphatic carboxylic acids is 1. The third kappa shape index (κ3) is 4.44. The number of imide groups is 1. The lowest BCUT2D eigenvalue weighted by molar-refractivity contribution is -0.144. The molecule has 1 aliphatic heterocycles. The quantitative estimate of drug-likeness (QED) is 0.301. The number of nitrogens with one attached hydrogen (secondary N) is 1. The Morgan fingerprint density at radius 2 is 1.51 bits per heavy atom. The van der Waals surface area contributed by atoms with E-state index in [0.29, 0.717) is 0 Å². The van der Waals surface area contributed by atoms with Crippen LogP contribution in [0.2, 0.25) is 0 Å². The number of fused-ring (bicyclic) bond motifs is 5. The molecule has 1 saturated heterocycles. The van der Waals surface area contributed by atoms with Crippen molar-refractivity contribution in [2.75, 3.05) is 6.54 Å². The zero-order valence-electron chi connectivity index (χ0n) is 24.8. The summed E-state index contributed by atoms with van der Waals surface area (Å²) >= 11 is 3.72. The van der Waals surface area contributed by atoms with Crippen molar-refractivity contribution in [3.8, 4) is 0 Å². The molecule has 3 amide bonds. The lowest BCUT2D eigenvalue weighted by atomic mass is 9.63. The lowest BCUT2D eigenvalue weighted by Gasteiger charge is -2.41. The maximum atomic E-state index is 14.5. The highest BCUT2D eigenvalue weighted by Crippen LogP contribution is 2.77. The van der Waals surface area contributed by atoms with Crippen LogP contribution < -0.4 is 5.32 Å². The molecule has 0 aromatic heterocycles. The number of benzene rings is 2. The number of likely N-dealkylation sites (tertiary alicyclic amines) is 1. The molecule has 43 heavy (non-hydrogen) atoms. The zero-order chi connectivity index (χ0) is 31.5. The highest BCUT2D eigenvalue weighted by molar-refractivity contribution is 9.10. The van der Waals surface area contributed by atoms with Gasteiger partial charge in [0.15, 0.2) is 5.78 Å². The number of nitrogens with zero attached hydrogens (tertiary/aromatic N) is 1. The van der Waals surface area contributed by atoms with Crippen molar-refractivity contribution in [3.05, 3.63) is 71.8 Å². The number of ketones is 1. The van der Waals surface area contributed by atoms with Gasteiger partial charge in [0, 0.05) is 6.54 Å². The number of allylic oxidation sites excluding steroid dienone is 2. The fraction of sp³-hybridized carbons (Fsp3) is 0.424. The number of rotatable bonds is 8. The number of carboxylic acids is 1. The predicted octanol–water partition coefficient (Wildman–Crippen LogP) is 5.08. The molecule has 3 aliphatic rings. The van der Waals surface area contributed by atoms with Crippen LogP contribution in [0.5, 0.6) is 0 Å². The van der Waals surface area contributed by atoms with Crippen LogP contribution in [0.15, 0.2) is 60.7 Å². The number of carbonyl (C=O) groups excluding carboxylic acids is 4. The second-order valence-electron chi connectivity index (χ2n) is 12.8. The first-order chi connectivity index (χ1) is 20.1. The largest absolute Gasteiger partial charge is 0.480 e. The number of alkyl halides is 1. The molecular formula is C33H35BrN2O7. The molecule has 226 valence electrons. The van der Waals surface area contributed by atoms with Crippen LogP contribution in [0.1, 0.15) is 58.6 Å². The Labute approximate surface area is 258 Å². The highest BCUT2D eigenvalue weighted by atomic mass is 79.9. The molecule has 2 fully saturated rings. The molecule has 9 nitrogen and oxygen atoms in total. The van der Waals surface area contributed by atoms with Crippen LogP contribution in [0.4, 0.5) is 4.79 Å². The average molecular weight is 652 g/mol.